The van der Waals surface area contributed by atoms with Gasteiger partial charge in [0, 0.05) is 25.0 Å². The van der Waals surface area contributed by atoms with Crippen molar-refractivity contribution < 1.29 is 5.11 Å². The first-order chi connectivity index (χ1) is 7.18. The van der Waals surface area contributed by atoms with Gasteiger partial charge in [-0.3, -0.25) is 4.90 Å². The van der Waals surface area contributed by atoms with Crippen molar-refractivity contribution in [1.29, 1.82) is 0 Å². The fourth-order valence-corrected chi connectivity index (χ4v) is 2.11. The molecule has 0 amide bonds. The normalized spacial score (nSPS) is 22.1. The standard InChI is InChI=1S/C13H19NO/c1-10(12-6-4-3-5-7-12)14-8-13(9-14)11(2)15/h3-7,10-11,13,15H,8-9H2,1-2H3. The lowest BCUT2D eigenvalue weighted by Crippen LogP contribution is -2.51. The van der Waals surface area contributed by atoms with Crippen molar-refractivity contribution in [3.8, 4) is 0 Å². The Morgan fingerprint density at radius 2 is 1.80 bits per heavy atom. The molecule has 1 saturated heterocycles. The van der Waals surface area contributed by atoms with Crippen LogP contribution in [0.4, 0.5) is 0 Å². The van der Waals surface area contributed by atoms with Crippen LogP contribution in [0.25, 0.3) is 0 Å². The van der Waals surface area contributed by atoms with Crippen LogP contribution in [0.3, 0.4) is 0 Å². The fourth-order valence-electron chi connectivity index (χ4n) is 2.11. The second-order valence-electron chi connectivity index (χ2n) is 4.54. The van der Waals surface area contributed by atoms with Crippen LogP contribution in [-0.4, -0.2) is 29.2 Å². The fraction of sp³-hybridized carbons (Fsp3) is 0.538. The van der Waals surface area contributed by atoms with Gasteiger partial charge >= 0.3 is 0 Å². The molecule has 2 heteroatoms. The Balaban J connectivity index is 1.92. The lowest BCUT2D eigenvalue weighted by atomic mass is 9.91. The van der Waals surface area contributed by atoms with Crippen molar-refractivity contribution in [2.24, 2.45) is 5.92 Å². The molecule has 0 aromatic heterocycles. The molecular weight excluding hydrogens is 186 g/mol. The molecule has 2 rings (SSSR count). The molecule has 15 heavy (non-hydrogen) atoms. The highest BCUT2D eigenvalue weighted by Crippen LogP contribution is 2.29. The third-order valence-corrected chi connectivity index (χ3v) is 3.45. The summed E-state index contributed by atoms with van der Waals surface area (Å²) in [6.45, 7) is 6.16. The highest BCUT2D eigenvalue weighted by atomic mass is 16.3. The van der Waals surface area contributed by atoms with Crippen molar-refractivity contribution in [3.05, 3.63) is 35.9 Å². The molecular formula is C13H19NO. The number of hydrogen-bond acceptors (Lipinski definition) is 2. The molecule has 1 fully saturated rings. The van der Waals surface area contributed by atoms with Gasteiger partial charge in [0.25, 0.3) is 0 Å². The summed E-state index contributed by atoms with van der Waals surface area (Å²) in [5, 5.41) is 9.42. The third kappa shape index (κ3) is 2.21. The average Bonchev–Trinajstić information content (AvgIpc) is 2.16. The second kappa shape index (κ2) is 4.33. The molecule has 0 saturated carbocycles. The molecule has 2 nitrogen and oxygen atoms in total. The molecule has 0 radical (unpaired) electrons. The van der Waals surface area contributed by atoms with Gasteiger partial charge in [-0.1, -0.05) is 30.3 Å². The van der Waals surface area contributed by atoms with Crippen molar-refractivity contribution in [2.75, 3.05) is 13.1 Å². The summed E-state index contributed by atoms with van der Waals surface area (Å²) in [4.78, 5) is 2.41. The monoisotopic (exact) mass is 205 g/mol. The van der Waals surface area contributed by atoms with Crippen LogP contribution in [0, 0.1) is 5.92 Å². The minimum absolute atomic E-state index is 0.163. The Labute approximate surface area is 91.5 Å². The first kappa shape index (κ1) is 10.7. The summed E-state index contributed by atoms with van der Waals surface area (Å²) in [5.41, 5.74) is 1.36. The number of likely N-dealkylation sites (tertiary alicyclic amines) is 1. The maximum absolute atomic E-state index is 9.42. The summed E-state index contributed by atoms with van der Waals surface area (Å²) in [6, 6.07) is 11.0. The molecule has 2 atom stereocenters. The van der Waals surface area contributed by atoms with E-state index in [0.717, 1.165) is 13.1 Å². The highest BCUT2D eigenvalue weighted by molar-refractivity contribution is 5.19. The van der Waals surface area contributed by atoms with Crippen LogP contribution < -0.4 is 0 Å². The Bertz CT molecular complexity index is 304. The molecule has 0 spiro atoms. The Kier molecular flexibility index (Phi) is 3.08. The SMILES string of the molecule is CC(O)C1CN(C(C)c2ccccc2)C1. The van der Waals surface area contributed by atoms with Crippen LogP contribution in [0.2, 0.25) is 0 Å². The minimum Gasteiger partial charge on any atom is -0.393 e. The summed E-state index contributed by atoms with van der Waals surface area (Å²) in [7, 11) is 0. The van der Waals surface area contributed by atoms with Crippen LogP contribution >= 0.6 is 0 Å². The van der Waals surface area contributed by atoms with E-state index in [4.69, 9.17) is 0 Å². The Morgan fingerprint density at radius 3 is 2.33 bits per heavy atom. The van der Waals surface area contributed by atoms with E-state index in [1.165, 1.54) is 5.56 Å². The number of benzene rings is 1. The average molecular weight is 205 g/mol. The third-order valence-electron chi connectivity index (χ3n) is 3.45. The van der Waals surface area contributed by atoms with Crippen molar-refractivity contribution in [2.45, 2.75) is 26.0 Å². The van der Waals surface area contributed by atoms with Gasteiger partial charge in [0.2, 0.25) is 0 Å². The number of nitrogens with zero attached hydrogens (tertiary/aromatic N) is 1. The first-order valence-corrected chi connectivity index (χ1v) is 5.65. The highest BCUT2D eigenvalue weighted by Gasteiger charge is 2.33. The maximum atomic E-state index is 9.42. The van der Waals surface area contributed by atoms with Crippen LogP contribution in [0.15, 0.2) is 30.3 Å². The molecule has 2 unspecified atom stereocenters. The molecule has 1 aromatic carbocycles. The molecule has 82 valence electrons. The van der Waals surface area contributed by atoms with Gasteiger partial charge in [-0.25, -0.2) is 0 Å². The van der Waals surface area contributed by atoms with Gasteiger partial charge in [0.15, 0.2) is 0 Å². The summed E-state index contributed by atoms with van der Waals surface area (Å²) < 4.78 is 0. The van der Waals surface area contributed by atoms with Gasteiger partial charge < -0.3 is 5.11 Å². The van der Waals surface area contributed by atoms with E-state index < -0.39 is 0 Å². The van der Waals surface area contributed by atoms with Gasteiger partial charge in [-0.05, 0) is 19.4 Å². The maximum Gasteiger partial charge on any atom is 0.0564 e. The first-order valence-electron chi connectivity index (χ1n) is 5.65. The second-order valence-corrected chi connectivity index (χ2v) is 4.54. The molecule has 1 aliphatic rings. The molecule has 0 bridgehead atoms. The van der Waals surface area contributed by atoms with Crippen molar-refractivity contribution >= 4 is 0 Å². The van der Waals surface area contributed by atoms with E-state index >= 15 is 0 Å². The smallest absolute Gasteiger partial charge is 0.0564 e. The van der Waals surface area contributed by atoms with Gasteiger partial charge in [0.05, 0.1) is 6.10 Å². The quantitative estimate of drug-likeness (QED) is 0.816. The van der Waals surface area contributed by atoms with E-state index in [1.54, 1.807) is 0 Å². The van der Waals surface area contributed by atoms with Gasteiger partial charge in [-0.2, -0.15) is 0 Å². The van der Waals surface area contributed by atoms with E-state index in [2.05, 4.69) is 36.1 Å². The number of aliphatic hydroxyl groups excluding tert-OH is 1. The molecule has 1 N–H and O–H groups in total. The van der Waals surface area contributed by atoms with Crippen molar-refractivity contribution in [3.63, 3.8) is 0 Å². The molecule has 1 heterocycles. The zero-order valence-electron chi connectivity index (χ0n) is 9.43. The molecule has 1 aromatic rings. The minimum atomic E-state index is -0.163. The van der Waals surface area contributed by atoms with Crippen LogP contribution in [-0.2, 0) is 0 Å². The largest absolute Gasteiger partial charge is 0.393 e. The van der Waals surface area contributed by atoms with E-state index in [-0.39, 0.29) is 6.10 Å². The topological polar surface area (TPSA) is 23.5 Å². The zero-order valence-corrected chi connectivity index (χ0v) is 9.43. The van der Waals surface area contributed by atoms with E-state index in [0.29, 0.717) is 12.0 Å². The van der Waals surface area contributed by atoms with E-state index in [9.17, 15) is 5.11 Å². The van der Waals surface area contributed by atoms with Crippen LogP contribution in [0.1, 0.15) is 25.5 Å². The summed E-state index contributed by atoms with van der Waals surface area (Å²) in [5.74, 6) is 0.469. The molecule has 0 aliphatic carbocycles. The Hall–Kier alpha value is -0.860. The summed E-state index contributed by atoms with van der Waals surface area (Å²) >= 11 is 0. The number of hydrogen-bond donors (Lipinski definition) is 1. The number of rotatable bonds is 3. The lowest BCUT2D eigenvalue weighted by molar-refractivity contribution is -0.0155. The zero-order chi connectivity index (χ0) is 10.8. The predicted molar refractivity (Wildman–Crippen MR) is 61.6 cm³/mol. The lowest BCUT2D eigenvalue weighted by Gasteiger charge is -2.44. The predicted octanol–water partition coefficient (Wildman–Crippen LogP) is 2.06. The Morgan fingerprint density at radius 1 is 1.20 bits per heavy atom. The van der Waals surface area contributed by atoms with Gasteiger partial charge in [-0.15, -0.1) is 0 Å². The number of aliphatic hydroxyl groups is 1. The van der Waals surface area contributed by atoms with Crippen LogP contribution in [0.5, 0.6) is 0 Å². The van der Waals surface area contributed by atoms with Gasteiger partial charge in [0.1, 0.15) is 0 Å². The summed E-state index contributed by atoms with van der Waals surface area (Å²) in [6.07, 6.45) is -0.163. The molecule has 1 aliphatic heterocycles. The van der Waals surface area contributed by atoms with Crippen molar-refractivity contribution in [1.82, 2.24) is 4.90 Å². The van der Waals surface area contributed by atoms with E-state index in [1.807, 2.05) is 13.0 Å².